The molecule has 41 heavy (non-hydrogen) atoms. The number of alkyl halides is 3. The van der Waals surface area contributed by atoms with Gasteiger partial charge in [-0.3, -0.25) is 19.3 Å². The Morgan fingerprint density at radius 2 is 1.93 bits per heavy atom. The monoisotopic (exact) mass is 614 g/mol. The molecule has 1 saturated heterocycles. The minimum atomic E-state index is -4.77. The highest BCUT2D eigenvalue weighted by Gasteiger charge is 2.38. The van der Waals surface area contributed by atoms with Gasteiger partial charge in [-0.05, 0) is 54.5 Å². The van der Waals surface area contributed by atoms with Gasteiger partial charge in [-0.1, -0.05) is 32.4 Å². The molecule has 2 aromatic rings. The molecule has 2 N–H and O–H groups in total. The van der Waals surface area contributed by atoms with E-state index in [9.17, 15) is 27.6 Å². The minimum absolute atomic E-state index is 0.00618. The summed E-state index contributed by atoms with van der Waals surface area (Å²) in [4.78, 5) is 42.2. The van der Waals surface area contributed by atoms with Crippen LogP contribution < -0.4 is 15.5 Å². The molecule has 0 bridgehead atoms. The van der Waals surface area contributed by atoms with E-state index in [1.807, 2.05) is 25.7 Å². The number of amides is 3. The van der Waals surface area contributed by atoms with Gasteiger partial charge in [0.25, 0.3) is 11.8 Å². The molecule has 2 aliphatic rings. The summed E-state index contributed by atoms with van der Waals surface area (Å²) in [7, 11) is 0. The van der Waals surface area contributed by atoms with Crippen LogP contribution in [0.15, 0.2) is 30.3 Å². The van der Waals surface area contributed by atoms with E-state index in [-0.39, 0.29) is 49.0 Å². The van der Waals surface area contributed by atoms with Crippen molar-refractivity contribution >= 4 is 52.0 Å². The number of hydrogen-bond donors (Lipinski definition) is 2. The maximum atomic E-state index is 14.1. The van der Waals surface area contributed by atoms with E-state index in [2.05, 4.69) is 10.6 Å². The van der Waals surface area contributed by atoms with Gasteiger partial charge in [0, 0.05) is 31.9 Å². The summed E-state index contributed by atoms with van der Waals surface area (Å²) in [5.41, 5.74) is -1.57. The lowest BCUT2D eigenvalue weighted by Crippen LogP contribution is -2.53. The number of thiophene rings is 1. The molecule has 224 valence electrons. The molecule has 0 spiro atoms. The lowest BCUT2D eigenvalue weighted by atomic mass is 9.94. The number of hydrogen-bond acceptors (Lipinski definition) is 6. The van der Waals surface area contributed by atoms with Gasteiger partial charge in [0.1, 0.15) is 12.6 Å². The van der Waals surface area contributed by atoms with Crippen molar-refractivity contribution in [3.8, 4) is 0 Å². The van der Waals surface area contributed by atoms with E-state index < -0.39 is 29.6 Å². The average Bonchev–Trinajstić information content (AvgIpc) is 3.59. The number of halogens is 4. The van der Waals surface area contributed by atoms with Crippen LogP contribution in [-0.4, -0.2) is 68.1 Å². The maximum Gasteiger partial charge on any atom is 0.418 e. The van der Waals surface area contributed by atoms with Crippen molar-refractivity contribution in [1.29, 1.82) is 0 Å². The molecule has 0 unspecified atom stereocenters. The van der Waals surface area contributed by atoms with Gasteiger partial charge < -0.3 is 20.3 Å². The number of rotatable bonds is 10. The molecule has 1 aromatic carbocycles. The van der Waals surface area contributed by atoms with Crippen LogP contribution >= 0.6 is 22.9 Å². The first-order chi connectivity index (χ1) is 19.2. The first-order valence-corrected chi connectivity index (χ1v) is 14.6. The highest BCUT2D eigenvalue weighted by molar-refractivity contribution is 7.18. The SMILES string of the molecule is CC(C)(C)CN(CC1CC1)[C@H](CNC(=O)c1ccc(Cl)s1)C(=O)Nc1ccc(N2CCOCC2=O)c(C(F)(F)F)c1. The number of benzene rings is 1. The summed E-state index contributed by atoms with van der Waals surface area (Å²) in [6.45, 7) is 7.04. The molecule has 1 aliphatic carbocycles. The van der Waals surface area contributed by atoms with Gasteiger partial charge in [0.05, 0.1) is 27.1 Å². The molecule has 2 fully saturated rings. The Morgan fingerprint density at radius 3 is 2.51 bits per heavy atom. The Kier molecular flexibility index (Phi) is 9.67. The predicted molar refractivity (Wildman–Crippen MR) is 152 cm³/mol. The third-order valence-corrected chi connectivity index (χ3v) is 7.94. The largest absolute Gasteiger partial charge is 0.418 e. The number of anilines is 2. The first-order valence-electron chi connectivity index (χ1n) is 13.4. The van der Waals surface area contributed by atoms with Gasteiger partial charge in [0.2, 0.25) is 5.91 Å². The normalized spacial score (nSPS) is 17.1. The number of carbonyl (C=O) groups is 3. The molecule has 3 amide bonds. The second-order valence-corrected chi connectivity index (χ2v) is 13.3. The zero-order valence-corrected chi connectivity index (χ0v) is 24.7. The van der Waals surface area contributed by atoms with Crippen LogP contribution in [0.1, 0.15) is 48.8 Å². The molecular weight excluding hydrogens is 581 g/mol. The van der Waals surface area contributed by atoms with Crippen LogP contribution in [0.2, 0.25) is 4.34 Å². The molecule has 4 rings (SSSR count). The highest BCUT2D eigenvalue weighted by Crippen LogP contribution is 2.39. The second-order valence-electron chi connectivity index (χ2n) is 11.6. The molecule has 1 saturated carbocycles. The van der Waals surface area contributed by atoms with E-state index in [1.165, 1.54) is 12.1 Å². The topological polar surface area (TPSA) is 91.0 Å². The quantitative estimate of drug-likeness (QED) is 0.380. The lowest BCUT2D eigenvalue weighted by molar-refractivity contribution is -0.137. The summed E-state index contributed by atoms with van der Waals surface area (Å²) in [5.74, 6) is -1.08. The zero-order chi connectivity index (χ0) is 29.9. The summed E-state index contributed by atoms with van der Waals surface area (Å²) >= 11 is 7.08. The third-order valence-electron chi connectivity index (χ3n) is 6.71. The predicted octanol–water partition coefficient (Wildman–Crippen LogP) is 5.28. The van der Waals surface area contributed by atoms with Crippen LogP contribution in [0, 0.1) is 11.3 Å². The minimum Gasteiger partial charge on any atom is -0.370 e. The van der Waals surface area contributed by atoms with Crippen molar-refractivity contribution in [3.63, 3.8) is 0 Å². The molecule has 1 atom stereocenters. The molecule has 13 heteroatoms. The van der Waals surface area contributed by atoms with Gasteiger partial charge in [-0.25, -0.2) is 0 Å². The average molecular weight is 615 g/mol. The van der Waals surface area contributed by atoms with E-state index in [0.717, 1.165) is 35.1 Å². The fraction of sp³-hybridized carbons (Fsp3) is 0.536. The lowest BCUT2D eigenvalue weighted by Gasteiger charge is -2.36. The Hall–Kier alpha value is -2.67. The fourth-order valence-electron chi connectivity index (χ4n) is 4.72. The number of ether oxygens (including phenoxy) is 1. The van der Waals surface area contributed by atoms with E-state index in [0.29, 0.717) is 28.2 Å². The van der Waals surface area contributed by atoms with Crippen LogP contribution in [0.25, 0.3) is 0 Å². The van der Waals surface area contributed by atoms with E-state index in [1.54, 1.807) is 12.1 Å². The van der Waals surface area contributed by atoms with Crippen molar-refractivity contribution in [1.82, 2.24) is 10.2 Å². The number of morpholine rings is 1. The van der Waals surface area contributed by atoms with Gasteiger partial charge in [0.15, 0.2) is 0 Å². The Labute approximate surface area is 246 Å². The van der Waals surface area contributed by atoms with Gasteiger partial charge in [-0.15, -0.1) is 11.3 Å². The molecular formula is C28H34ClF3N4O4S. The summed E-state index contributed by atoms with van der Waals surface area (Å²) < 4.78 is 47.8. The summed E-state index contributed by atoms with van der Waals surface area (Å²) in [6, 6.07) is 5.74. The molecule has 8 nitrogen and oxygen atoms in total. The third kappa shape index (κ3) is 8.67. The van der Waals surface area contributed by atoms with Crippen molar-refractivity contribution < 1.29 is 32.3 Å². The maximum absolute atomic E-state index is 14.1. The van der Waals surface area contributed by atoms with Crippen molar-refractivity contribution in [2.24, 2.45) is 11.3 Å². The van der Waals surface area contributed by atoms with Gasteiger partial charge in [-0.2, -0.15) is 13.2 Å². The standard InChI is InChI=1S/C28H34ClF3N4O4S/c1-27(2,3)16-35(14-17-4-5-17)21(13-33-26(39)22-8-9-23(29)41-22)25(38)34-18-6-7-20(19(12-18)28(30,31)32)36-10-11-40-15-24(36)37/h6-9,12,17,21H,4-5,10-11,13-16H2,1-3H3,(H,33,39)(H,34,38)/t21-/m1/s1. The van der Waals surface area contributed by atoms with Crippen LogP contribution in [0.5, 0.6) is 0 Å². The second kappa shape index (κ2) is 12.7. The first kappa shape index (κ1) is 31.3. The van der Waals surface area contributed by atoms with Crippen molar-refractivity contribution in [3.05, 3.63) is 45.1 Å². The molecule has 2 heterocycles. The van der Waals surface area contributed by atoms with Crippen LogP contribution in [-0.2, 0) is 20.5 Å². The van der Waals surface area contributed by atoms with Crippen LogP contribution in [0.3, 0.4) is 0 Å². The Bertz CT molecular complexity index is 1280. The highest BCUT2D eigenvalue weighted by atomic mass is 35.5. The molecule has 1 aliphatic heterocycles. The number of carbonyl (C=O) groups excluding carboxylic acids is 3. The summed E-state index contributed by atoms with van der Waals surface area (Å²) in [6.07, 6.45) is -2.70. The van der Waals surface area contributed by atoms with E-state index in [4.69, 9.17) is 16.3 Å². The van der Waals surface area contributed by atoms with Gasteiger partial charge >= 0.3 is 6.18 Å². The Morgan fingerprint density at radius 1 is 1.20 bits per heavy atom. The summed E-state index contributed by atoms with van der Waals surface area (Å²) in [5, 5.41) is 5.45. The van der Waals surface area contributed by atoms with E-state index >= 15 is 0 Å². The Balaban J connectivity index is 1.60. The molecule has 1 aromatic heterocycles. The fourth-order valence-corrected chi connectivity index (χ4v) is 5.68. The molecule has 0 radical (unpaired) electrons. The number of nitrogens with one attached hydrogen (secondary N) is 2. The number of nitrogens with zero attached hydrogens (tertiary/aromatic N) is 2. The van der Waals surface area contributed by atoms with Crippen molar-refractivity contribution in [2.45, 2.75) is 45.8 Å². The smallest absolute Gasteiger partial charge is 0.370 e. The zero-order valence-electron chi connectivity index (χ0n) is 23.1. The van der Waals surface area contributed by atoms with Crippen LogP contribution in [0.4, 0.5) is 24.5 Å². The van der Waals surface area contributed by atoms with Crippen molar-refractivity contribution in [2.75, 3.05) is 49.6 Å².